The molecule has 10 heteroatoms. The molecule has 0 saturated carbocycles. The minimum Gasteiger partial charge on any atom is -0.507 e. The number of nitrogens with two attached hydrogens (primary N) is 1. The molecule has 0 aliphatic heterocycles. The summed E-state index contributed by atoms with van der Waals surface area (Å²) in [5.41, 5.74) is 8.53. The van der Waals surface area contributed by atoms with Gasteiger partial charge in [-0.15, -0.1) is 0 Å². The Morgan fingerprint density at radius 2 is 1.40 bits per heavy atom. The number of unbranched alkanes of at least 4 members (excludes halogenated alkanes) is 1. The van der Waals surface area contributed by atoms with Gasteiger partial charge in [0.2, 0.25) is 6.29 Å². The second-order valence-corrected chi connectivity index (χ2v) is 12.0. The Hall–Kier alpha value is -3.37. The van der Waals surface area contributed by atoms with Crippen molar-refractivity contribution in [1.29, 1.82) is 0 Å². The molecule has 0 saturated heterocycles. The second-order valence-electron chi connectivity index (χ2n) is 12.0. The van der Waals surface area contributed by atoms with Crippen molar-refractivity contribution in [3.05, 3.63) is 53.1 Å². The number of aryl methyl sites for hydroxylation is 1. The van der Waals surface area contributed by atoms with Gasteiger partial charge in [-0.3, -0.25) is 0 Å². The average molecular weight is 612 g/mol. The lowest BCUT2D eigenvalue weighted by Gasteiger charge is -2.28. The van der Waals surface area contributed by atoms with Crippen molar-refractivity contribution in [2.45, 2.75) is 126 Å². The number of primary amides is 1. The zero-order valence-electron chi connectivity index (χ0n) is 28.4. The third-order valence-corrected chi connectivity index (χ3v) is 5.25. The smallest absolute Gasteiger partial charge is 0.406 e. The van der Waals surface area contributed by atoms with Gasteiger partial charge >= 0.3 is 18.0 Å². The molecule has 0 aliphatic rings. The van der Waals surface area contributed by atoms with Crippen LogP contribution in [0.25, 0.3) is 0 Å². The first-order chi connectivity index (χ1) is 19.4. The molecule has 1 rings (SSSR count). The van der Waals surface area contributed by atoms with Crippen molar-refractivity contribution in [3.8, 4) is 5.75 Å². The highest BCUT2D eigenvalue weighted by molar-refractivity contribution is 5.87. The first-order valence-electron chi connectivity index (χ1n) is 14.3. The SMILES string of the molecule is C=C(C)C(=O)OC(C)O.C=C(C)C(=O)OCCCC.CCC(O)OC(N)=O.Cc1ccc(C(C)(C)C)c(O)c1C(C)(C)C. The molecule has 0 aromatic heterocycles. The summed E-state index contributed by atoms with van der Waals surface area (Å²) in [5.74, 6) is -0.376. The van der Waals surface area contributed by atoms with Crippen LogP contribution in [0.2, 0.25) is 0 Å². The molecule has 248 valence electrons. The monoisotopic (exact) mass is 611 g/mol. The van der Waals surface area contributed by atoms with E-state index in [1.165, 1.54) is 13.8 Å². The number of hydrogen-bond acceptors (Lipinski definition) is 9. The van der Waals surface area contributed by atoms with Crippen molar-refractivity contribution in [2.75, 3.05) is 6.61 Å². The molecule has 0 radical (unpaired) electrons. The van der Waals surface area contributed by atoms with Gasteiger partial charge in [-0.25, -0.2) is 14.4 Å². The van der Waals surface area contributed by atoms with Gasteiger partial charge in [0.1, 0.15) is 5.75 Å². The average Bonchev–Trinajstić information content (AvgIpc) is 2.82. The Kier molecular flexibility index (Phi) is 21.9. The summed E-state index contributed by atoms with van der Waals surface area (Å²) >= 11 is 0. The van der Waals surface area contributed by atoms with Crippen LogP contribution in [0.1, 0.15) is 112 Å². The fraction of sp³-hybridized carbons (Fsp3) is 0.606. The van der Waals surface area contributed by atoms with E-state index in [9.17, 15) is 19.5 Å². The van der Waals surface area contributed by atoms with Gasteiger partial charge < -0.3 is 35.3 Å². The van der Waals surface area contributed by atoms with Crippen LogP contribution in [-0.2, 0) is 34.6 Å². The number of carbonyl (C=O) groups excluding carboxylic acids is 3. The van der Waals surface area contributed by atoms with Crippen LogP contribution in [0.3, 0.4) is 0 Å². The second kappa shape index (κ2) is 21.3. The van der Waals surface area contributed by atoms with E-state index in [2.05, 4.69) is 89.8 Å². The molecule has 43 heavy (non-hydrogen) atoms. The number of phenols is 1. The van der Waals surface area contributed by atoms with Gasteiger partial charge in [0.05, 0.1) is 6.61 Å². The predicted molar refractivity (Wildman–Crippen MR) is 170 cm³/mol. The fourth-order valence-corrected chi connectivity index (χ4v) is 3.15. The lowest BCUT2D eigenvalue weighted by molar-refractivity contribution is -0.159. The summed E-state index contributed by atoms with van der Waals surface area (Å²) < 4.78 is 13.2. The normalized spacial score (nSPS) is 11.9. The Morgan fingerprint density at radius 1 is 0.907 bits per heavy atom. The van der Waals surface area contributed by atoms with Gasteiger partial charge in [0, 0.05) is 23.1 Å². The van der Waals surface area contributed by atoms with Gasteiger partial charge in [0.15, 0.2) is 6.29 Å². The maximum absolute atomic E-state index is 10.7. The molecule has 0 bridgehead atoms. The van der Waals surface area contributed by atoms with E-state index in [0.717, 1.165) is 29.5 Å². The molecule has 2 unspecified atom stereocenters. The summed E-state index contributed by atoms with van der Waals surface area (Å²) in [6.07, 6.45) is -0.702. The molecular formula is C33H57NO9. The van der Waals surface area contributed by atoms with Crippen molar-refractivity contribution < 1.29 is 43.9 Å². The standard InChI is InChI=1S/C15H24O.C8H14O2.C6H10O3.C4H9NO3/c1-10-8-9-11(14(2,3)4)13(16)12(10)15(5,6)7;1-4-5-6-10-8(9)7(2)3;1-4(2)6(8)9-5(3)7;1-2-3(6)8-4(5)7/h8-9,16H,1-7H3;2,4-6H2,1,3H3;5,7H,1H2,2-3H3;3,6H,2H2,1H3,(H2,5,7). The third-order valence-electron chi connectivity index (χ3n) is 5.25. The molecule has 0 fully saturated rings. The van der Waals surface area contributed by atoms with Crippen LogP contribution >= 0.6 is 0 Å². The van der Waals surface area contributed by atoms with Crippen molar-refractivity contribution in [1.82, 2.24) is 0 Å². The van der Waals surface area contributed by atoms with E-state index in [-0.39, 0.29) is 22.4 Å². The Bertz CT molecular complexity index is 1030. The molecule has 5 N–H and O–H groups in total. The van der Waals surface area contributed by atoms with Crippen LogP contribution in [0, 0.1) is 6.92 Å². The first-order valence-corrected chi connectivity index (χ1v) is 14.3. The Balaban J connectivity index is -0.000000520. The van der Waals surface area contributed by atoms with Gasteiger partial charge in [-0.2, -0.15) is 0 Å². The summed E-state index contributed by atoms with van der Waals surface area (Å²) in [5, 5.41) is 27.4. The number of phenolic OH excluding ortho intramolecular Hbond substituents is 1. The topological polar surface area (TPSA) is 166 Å². The molecule has 1 aromatic carbocycles. The maximum Gasteiger partial charge on any atom is 0.406 e. The highest BCUT2D eigenvalue weighted by Gasteiger charge is 2.26. The van der Waals surface area contributed by atoms with Crippen LogP contribution in [0.15, 0.2) is 36.4 Å². The lowest BCUT2D eigenvalue weighted by atomic mass is 9.77. The minimum atomic E-state index is -1.05. The summed E-state index contributed by atoms with van der Waals surface area (Å²) in [6.45, 7) is 30.4. The number of aliphatic hydroxyl groups excluding tert-OH is 2. The van der Waals surface area contributed by atoms with Crippen LogP contribution < -0.4 is 5.73 Å². The minimum absolute atomic E-state index is 0.0161. The number of carbonyl (C=O) groups is 3. The number of ether oxygens (including phenoxy) is 3. The number of esters is 2. The quantitative estimate of drug-likeness (QED) is 0.0849. The predicted octanol–water partition coefficient (Wildman–Crippen LogP) is 6.46. The van der Waals surface area contributed by atoms with E-state index in [4.69, 9.17) is 14.9 Å². The molecular weight excluding hydrogens is 554 g/mol. The van der Waals surface area contributed by atoms with Crippen LogP contribution in [0.4, 0.5) is 4.79 Å². The van der Waals surface area contributed by atoms with E-state index in [0.29, 0.717) is 24.4 Å². The summed E-state index contributed by atoms with van der Waals surface area (Å²) in [7, 11) is 0. The maximum atomic E-state index is 10.7. The number of aliphatic hydroxyl groups is 2. The molecule has 0 spiro atoms. The van der Waals surface area contributed by atoms with E-state index in [1.807, 2.05) is 6.07 Å². The molecule has 0 heterocycles. The number of benzene rings is 1. The van der Waals surface area contributed by atoms with Gasteiger partial charge in [-0.1, -0.05) is 87.1 Å². The molecule has 2 atom stereocenters. The van der Waals surface area contributed by atoms with Crippen LogP contribution in [0.5, 0.6) is 5.75 Å². The number of amides is 1. The van der Waals surface area contributed by atoms with Gasteiger partial charge in [-0.05, 0) is 56.1 Å². The zero-order chi connectivity index (χ0) is 34.7. The summed E-state index contributed by atoms with van der Waals surface area (Å²) in [6, 6.07) is 4.15. The van der Waals surface area contributed by atoms with E-state index < -0.39 is 24.6 Å². The third kappa shape index (κ3) is 21.9. The highest BCUT2D eigenvalue weighted by Crippen LogP contribution is 2.40. The molecule has 1 aromatic rings. The first kappa shape index (κ1) is 44.1. The fourth-order valence-electron chi connectivity index (χ4n) is 3.15. The Morgan fingerprint density at radius 3 is 1.67 bits per heavy atom. The molecule has 0 aliphatic carbocycles. The Labute approximate surface area is 258 Å². The van der Waals surface area contributed by atoms with Gasteiger partial charge in [0.25, 0.3) is 0 Å². The van der Waals surface area contributed by atoms with Crippen LogP contribution in [-0.4, -0.2) is 52.5 Å². The van der Waals surface area contributed by atoms with Crippen molar-refractivity contribution >= 4 is 18.0 Å². The lowest BCUT2D eigenvalue weighted by Crippen LogP contribution is -2.21. The number of aromatic hydroxyl groups is 1. The van der Waals surface area contributed by atoms with Crippen molar-refractivity contribution in [3.63, 3.8) is 0 Å². The largest absolute Gasteiger partial charge is 0.507 e. The number of rotatable bonds is 8. The van der Waals surface area contributed by atoms with E-state index in [1.54, 1.807) is 13.8 Å². The molecule has 1 amide bonds. The van der Waals surface area contributed by atoms with E-state index >= 15 is 0 Å². The summed E-state index contributed by atoms with van der Waals surface area (Å²) in [4.78, 5) is 31.0. The molecule has 10 nitrogen and oxygen atoms in total. The highest BCUT2D eigenvalue weighted by atomic mass is 16.6. The zero-order valence-corrected chi connectivity index (χ0v) is 28.4. The number of hydrogen-bond donors (Lipinski definition) is 4. The van der Waals surface area contributed by atoms with Crippen molar-refractivity contribution in [2.24, 2.45) is 5.73 Å².